The number of nitrogens with zero attached hydrogens (tertiary/aromatic N) is 8. The van der Waals surface area contributed by atoms with Crippen LogP contribution in [-0.2, 0) is 0 Å². The molecule has 5 rings (SSSR count). The van der Waals surface area contributed by atoms with Gasteiger partial charge in [-0.05, 0) is 25.7 Å². The minimum Gasteiger partial charge on any atom is -0.342 e. The van der Waals surface area contributed by atoms with E-state index in [1.54, 1.807) is 6.33 Å². The van der Waals surface area contributed by atoms with Crippen LogP contribution in [0.2, 0.25) is 0 Å². The van der Waals surface area contributed by atoms with Gasteiger partial charge in [-0.2, -0.15) is 0 Å². The maximum atomic E-state index is 4.78. The third kappa shape index (κ3) is 2.77. The second-order valence-electron chi connectivity index (χ2n) is 7.29. The number of aromatic nitrogens is 2. The van der Waals surface area contributed by atoms with E-state index in [0.29, 0.717) is 0 Å². The second-order valence-corrected chi connectivity index (χ2v) is 7.29. The Bertz CT molecular complexity index is 672. The lowest BCUT2D eigenvalue weighted by Gasteiger charge is -2.41. The molecule has 4 aliphatic heterocycles. The lowest BCUT2D eigenvalue weighted by molar-refractivity contribution is 0.358. The molecule has 0 atom stereocenters. The number of fused-ring (bicyclic) bond motifs is 2. The van der Waals surface area contributed by atoms with Crippen molar-refractivity contribution in [1.82, 2.24) is 19.8 Å². The van der Waals surface area contributed by atoms with Gasteiger partial charge in [0.05, 0.1) is 0 Å². The molecule has 1 aromatic heterocycles. The monoisotopic (exact) mass is 354 g/mol. The van der Waals surface area contributed by atoms with E-state index >= 15 is 0 Å². The molecular formula is C18H26N8. The van der Waals surface area contributed by atoms with Gasteiger partial charge in [0.2, 0.25) is 11.9 Å². The Balaban J connectivity index is 1.45. The summed E-state index contributed by atoms with van der Waals surface area (Å²) in [6, 6.07) is 2.11. The molecule has 0 N–H and O–H groups in total. The zero-order valence-electron chi connectivity index (χ0n) is 15.2. The Hall–Kier alpha value is -2.38. The van der Waals surface area contributed by atoms with Crippen molar-refractivity contribution in [2.24, 2.45) is 9.98 Å². The zero-order valence-corrected chi connectivity index (χ0v) is 15.2. The van der Waals surface area contributed by atoms with Gasteiger partial charge in [-0.1, -0.05) is 0 Å². The molecule has 0 bridgehead atoms. The molecule has 2 fully saturated rings. The first kappa shape index (κ1) is 15.8. The van der Waals surface area contributed by atoms with Crippen LogP contribution in [-0.4, -0.2) is 84.0 Å². The third-order valence-corrected chi connectivity index (χ3v) is 5.54. The summed E-state index contributed by atoms with van der Waals surface area (Å²) in [6.45, 7) is 8.18. The molecule has 2 saturated heterocycles. The van der Waals surface area contributed by atoms with Gasteiger partial charge in [0.15, 0.2) is 0 Å². The van der Waals surface area contributed by atoms with Crippen LogP contribution in [0.1, 0.15) is 25.7 Å². The van der Waals surface area contributed by atoms with Crippen LogP contribution in [0.3, 0.4) is 0 Å². The largest absolute Gasteiger partial charge is 0.342 e. The van der Waals surface area contributed by atoms with E-state index in [1.165, 1.54) is 0 Å². The van der Waals surface area contributed by atoms with Gasteiger partial charge in [-0.3, -0.25) is 19.8 Å². The maximum absolute atomic E-state index is 4.78. The van der Waals surface area contributed by atoms with E-state index in [4.69, 9.17) is 9.98 Å². The highest BCUT2D eigenvalue weighted by molar-refractivity contribution is 5.98. The molecule has 0 radical (unpaired) electrons. The van der Waals surface area contributed by atoms with Crippen molar-refractivity contribution in [3.63, 3.8) is 0 Å². The van der Waals surface area contributed by atoms with Crippen molar-refractivity contribution in [1.29, 1.82) is 0 Å². The first-order valence-electron chi connectivity index (χ1n) is 9.86. The minimum atomic E-state index is 0.915. The summed E-state index contributed by atoms with van der Waals surface area (Å²) in [4.78, 5) is 28.0. The topological polar surface area (TPSA) is 63.5 Å². The molecule has 0 aliphatic carbocycles. The van der Waals surface area contributed by atoms with Gasteiger partial charge in [0.25, 0.3) is 0 Å². The standard InChI is InChI=1S/C18H26N8/c1-5-19-17-23(7-1)9-3-11-25(17)15-13-16(22-14-21-15)26-12-4-10-24-8-2-6-20-18(24)26/h13-14H,1-12H2. The number of rotatable bonds is 2. The molecule has 0 saturated carbocycles. The molecule has 26 heavy (non-hydrogen) atoms. The summed E-state index contributed by atoms with van der Waals surface area (Å²) in [5.74, 6) is 4.08. The van der Waals surface area contributed by atoms with Crippen molar-refractivity contribution in [2.45, 2.75) is 25.7 Å². The highest BCUT2D eigenvalue weighted by atomic mass is 15.4. The smallest absolute Gasteiger partial charge is 0.202 e. The van der Waals surface area contributed by atoms with E-state index in [1.807, 2.05) is 0 Å². The summed E-state index contributed by atoms with van der Waals surface area (Å²) in [6.07, 6.45) is 6.27. The van der Waals surface area contributed by atoms with Crippen molar-refractivity contribution < 1.29 is 0 Å². The lowest BCUT2D eigenvalue weighted by Crippen LogP contribution is -2.53. The fourth-order valence-corrected chi connectivity index (χ4v) is 4.32. The van der Waals surface area contributed by atoms with Crippen molar-refractivity contribution in [3.05, 3.63) is 12.4 Å². The minimum absolute atomic E-state index is 0.915. The molecule has 0 spiro atoms. The Labute approximate surface area is 154 Å². The van der Waals surface area contributed by atoms with Crippen molar-refractivity contribution in [2.75, 3.05) is 62.2 Å². The average molecular weight is 354 g/mol. The normalized spacial score (nSPS) is 23.2. The molecule has 8 heteroatoms. The summed E-state index contributed by atoms with van der Waals surface area (Å²) >= 11 is 0. The number of hydrogen-bond acceptors (Lipinski definition) is 8. The maximum Gasteiger partial charge on any atom is 0.202 e. The van der Waals surface area contributed by atoms with Crippen molar-refractivity contribution >= 4 is 23.6 Å². The Morgan fingerprint density at radius 3 is 1.65 bits per heavy atom. The van der Waals surface area contributed by atoms with E-state index in [0.717, 1.165) is 102 Å². The molecule has 138 valence electrons. The highest BCUT2D eigenvalue weighted by Crippen LogP contribution is 2.25. The lowest BCUT2D eigenvalue weighted by atomic mass is 10.2. The summed E-state index contributed by atoms with van der Waals surface area (Å²) in [7, 11) is 0. The number of anilines is 2. The van der Waals surface area contributed by atoms with Crippen LogP contribution in [0.4, 0.5) is 11.6 Å². The molecule has 0 unspecified atom stereocenters. The van der Waals surface area contributed by atoms with Gasteiger partial charge in [-0.15, -0.1) is 0 Å². The van der Waals surface area contributed by atoms with Crippen LogP contribution in [0.25, 0.3) is 0 Å². The molecular weight excluding hydrogens is 328 g/mol. The van der Waals surface area contributed by atoms with Gasteiger partial charge in [-0.25, -0.2) is 9.97 Å². The predicted molar refractivity (Wildman–Crippen MR) is 103 cm³/mol. The van der Waals surface area contributed by atoms with Crippen LogP contribution < -0.4 is 9.80 Å². The van der Waals surface area contributed by atoms with E-state index in [-0.39, 0.29) is 0 Å². The molecule has 0 amide bonds. The fourth-order valence-electron chi connectivity index (χ4n) is 4.32. The third-order valence-electron chi connectivity index (χ3n) is 5.54. The first-order chi connectivity index (χ1) is 12.9. The summed E-state index contributed by atoms with van der Waals surface area (Å²) < 4.78 is 0. The first-order valence-corrected chi connectivity index (χ1v) is 9.86. The molecule has 5 heterocycles. The van der Waals surface area contributed by atoms with Gasteiger partial charge in [0.1, 0.15) is 18.0 Å². The molecule has 4 aliphatic rings. The SMILES string of the molecule is c1nc(N2CCCN3CCCN=C32)cc(N2CCCN3CCCN=C32)n1. The number of guanidine groups is 2. The summed E-state index contributed by atoms with van der Waals surface area (Å²) in [5, 5.41) is 0. The Kier molecular flexibility index (Phi) is 4.10. The van der Waals surface area contributed by atoms with Gasteiger partial charge < -0.3 is 9.80 Å². The van der Waals surface area contributed by atoms with E-state index in [2.05, 4.69) is 35.6 Å². The van der Waals surface area contributed by atoms with Crippen LogP contribution >= 0.6 is 0 Å². The van der Waals surface area contributed by atoms with E-state index in [9.17, 15) is 0 Å². The summed E-state index contributed by atoms with van der Waals surface area (Å²) in [5.41, 5.74) is 0. The molecule has 8 nitrogen and oxygen atoms in total. The number of aliphatic imine (C=N–C) groups is 2. The molecule has 1 aromatic rings. The van der Waals surface area contributed by atoms with Crippen LogP contribution in [0.5, 0.6) is 0 Å². The molecule has 0 aromatic carbocycles. The quantitative estimate of drug-likeness (QED) is 0.790. The van der Waals surface area contributed by atoms with Crippen LogP contribution in [0.15, 0.2) is 22.4 Å². The van der Waals surface area contributed by atoms with Gasteiger partial charge in [0, 0.05) is 58.4 Å². The van der Waals surface area contributed by atoms with Crippen molar-refractivity contribution in [3.8, 4) is 0 Å². The van der Waals surface area contributed by atoms with E-state index < -0.39 is 0 Å². The van der Waals surface area contributed by atoms with Gasteiger partial charge >= 0.3 is 0 Å². The highest BCUT2D eigenvalue weighted by Gasteiger charge is 2.30. The average Bonchev–Trinajstić information content (AvgIpc) is 2.73. The number of hydrogen-bond donors (Lipinski definition) is 0. The fraction of sp³-hybridized carbons (Fsp3) is 0.667. The zero-order chi connectivity index (χ0) is 17.3. The van der Waals surface area contributed by atoms with Crippen LogP contribution in [0, 0.1) is 0 Å². The second kappa shape index (κ2) is 6.74. The predicted octanol–water partition coefficient (Wildman–Crippen LogP) is 1.02. The Morgan fingerprint density at radius 1 is 0.615 bits per heavy atom. The Morgan fingerprint density at radius 2 is 1.12 bits per heavy atom.